The molecule has 0 unspecified atom stereocenters. The zero-order chi connectivity index (χ0) is 20.9. The zero-order valence-electron chi connectivity index (χ0n) is 15.6. The van der Waals surface area contributed by atoms with E-state index in [0.29, 0.717) is 13.0 Å². The van der Waals surface area contributed by atoms with Crippen LogP contribution in [-0.4, -0.2) is 54.8 Å². The number of hydrogen-bond donors (Lipinski definition) is 0. The number of carbonyl (C=O) groups is 1. The molecule has 29 heavy (non-hydrogen) atoms. The van der Waals surface area contributed by atoms with Gasteiger partial charge in [0.1, 0.15) is 6.61 Å². The fourth-order valence-electron chi connectivity index (χ4n) is 3.09. The summed E-state index contributed by atoms with van der Waals surface area (Å²) in [6, 6.07) is 14.5. The van der Waals surface area contributed by atoms with Crippen LogP contribution in [0.15, 0.2) is 59.5 Å². The van der Waals surface area contributed by atoms with E-state index >= 15 is 0 Å². The second-order valence-corrected chi connectivity index (χ2v) is 8.42. The summed E-state index contributed by atoms with van der Waals surface area (Å²) in [6.07, 6.45) is -0.112. The molecule has 2 aromatic rings. The normalized spacial score (nSPS) is 15.5. The van der Waals surface area contributed by atoms with E-state index in [9.17, 15) is 23.3 Å². The Morgan fingerprint density at radius 3 is 2.41 bits per heavy atom. The van der Waals surface area contributed by atoms with Crippen LogP contribution in [-0.2, 0) is 21.4 Å². The van der Waals surface area contributed by atoms with Crippen LogP contribution in [0.5, 0.6) is 0 Å². The van der Waals surface area contributed by atoms with Crippen molar-refractivity contribution < 1.29 is 22.9 Å². The highest BCUT2D eigenvalue weighted by atomic mass is 32.2. The Morgan fingerprint density at radius 2 is 1.69 bits per heavy atom. The van der Waals surface area contributed by atoms with Gasteiger partial charge in [0.2, 0.25) is 10.0 Å². The topological polar surface area (TPSA) is 110 Å². The van der Waals surface area contributed by atoms with E-state index in [-0.39, 0.29) is 31.1 Å². The van der Waals surface area contributed by atoms with Crippen molar-refractivity contribution in [3.63, 3.8) is 0 Å². The number of ether oxygens (including phenoxy) is 1. The van der Waals surface area contributed by atoms with Gasteiger partial charge in [-0.3, -0.25) is 10.1 Å². The molecular weight excluding hydrogens is 398 g/mol. The molecule has 0 spiro atoms. The van der Waals surface area contributed by atoms with Crippen LogP contribution in [0.4, 0.5) is 10.5 Å². The predicted octanol–water partition coefficient (Wildman–Crippen LogP) is 2.63. The van der Waals surface area contributed by atoms with Gasteiger partial charge in [0.05, 0.1) is 4.92 Å². The molecule has 0 N–H and O–H groups in total. The Morgan fingerprint density at radius 1 is 1.00 bits per heavy atom. The summed E-state index contributed by atoms with van der Waals surface area (Å²) in [7, 11) is -4.05. The minimum absolute atomic E-state index is 0.0365. The smallest absolute Gasteiger partial charge is 0.410 e. The van der Waals surface area contributed by atoms with Crippen molar-refractivity contribution in [2.45, 2.75) is 17.9 Å². The predicted molar refractivity (Wildman–Crippen MR) is 105 cm³/mol. The van der Waals surface area contributed by atoms with Crippen molar-refractivity contribution in [1.82, 2.24) is 9.21 Å². The van der Waals surface area contributed by atoms with Gasteiger partial charge in [0.25, 0.3) is 5.69 Å². The molecule has 1 aliphatic rings. The first kappa shape index (κ1) is 20.7. The third-order valence-electron chi connectivity index (χ3n) is 4.60. The highest BCUT2D eigenvalue weighted by Gasteiger charge is 2.33. The third-order valence-corrected chi connectivity index (χ3v) is 6.54. The summed E-state index contributed by atoms with van der Waals surface area (Å²) in [6.45, 7) is 0.823. The second-order valence-electron chi connectivity index (χ2n) is 6.51. The van der Waals surface area contributed by atoms with Crippen molar-refractivity contribution in [2.75, 3.05) is 26.2 Å². The van der Waals surface area contributed by atoms with Crippen LogP contribution < -0.4 is 0 Å². The molecule has 1 amide bonds. The highest BCUT2D eigenvalue weighted by Crippen LogP contribution is 2.27. The minimum Gasteiger partial charge on any atom is -0.445 e. The van der Waals surface area contributed by atoms with Gasteiger partial charge in [-0.2, -0.15) is 4.31 Å². The van der Waals surface area contributed by atoms with E-state index < -0.39 is 26.7 Å². The average Bonchev–Trinajstić information content (AvgIpc) is 2.99. The summed E-state index contributed by atoms with van der Waals surface area (Å²) in [5.41, 5.74) is 0.395. The Labute approximate surface area is 168 Å². The maximum atomic E-state index is 12.9. The molecule has 0 aromatic heterocycles. The maximum absolute atomic E-state index is 12.9. The SMILES string of the molecule is O=C(OCc1ccccc1)N1CCCN(S(=O)(=O)c2ccccc2[N+](=O)[O-])CC1. The second kappa shape index (κ2) is 9.01. The van der Waals surface area contributed by atoms with Gasteiger partial charge in [0, 0.05) is 32.2 Å². The first-order valence-electron chi connectivity index (χ1n) is 9.09. The molecule has 2 aromatic carbocycles. The summed E-state index contributed by atoms with van der Waals surface area (Å²) < 4.78 is 32.4. The van der Waals surface area contributed by atoms with Gasteiger partial charge in [0.15, 0.2) is 4.90 Å². The van der Waals surface area contributed by atoms with Gasteiger partial charge in [-0.05, 0) is 18.1 Å². The number of nitro groups is 1. The molecule has 0 atom stereocenters. The number of nitrogens with zero attached hydrogens (tertiary/aromatic N) is 3. The highest BCUT2D eigenvalue weighted by molar-refractivity contribution is 7.89. The van der Waals surface area contributed by atoms with Crippen molar-refractivity contribution in [1.29, 1.82) is 0 Å². The standard InChI is InChI=1S/C19H21N3O6S/c23-19(28-15-16-7-2-1-3-8-16)20-11-6-12-21(14-13-20)29(26,27)18-10-5-4-9-17(18)22(24)25/h1-5,7-10H,6,11-15H2. The number of para-hydroxylation sites is 1. The molecule has 1 heterocycles. The third kappa shape index (κ3) is 4.90. The molecule has 10 heteroatoms. The molecule has 9 nitrogen and oxygen atoms in total. The number of hydrogen-bond acceptors (Lipinski definition) is 6. The monoisotopic (exact) mass is 419 g/mol. The minimum atomic E-state index is -4.05. The van der Waals surface area contributed by atoms with E-state index in [1.54, 1.807) is 0 Å². The Bertz CT molecular complexity index is 980. The lowest BCUT2D eigenvalue weighted by Gasteiger charge is -2.21. The van der Waals surface area contributed by atoms with Gasteiger partial charge < -0.3 is 9.64 Å². The molecular formula is C19H21N3O6S. The number of carbonyl (C=O) groups excluding carboxylic acids is 1. The number of nitro benzene ring substituents is 1. The molecule has 0 radical (unpaired) electrons. The molecule has 1 fully saturated rings. The fraction of sp³-hybridized carbons (Fsp3) is 0.316. The van der Waals surface area contributed by atoms with E-state index in [0.717, 1.165) is 11.6 Å². The maximum Gasteiger partial charge on any atom is 0.410 e. The van der Waals surface area contributed by atoms with Crippen molar-refractivity contribution in [3.05, 3.63) is 70.3 Å². The number of rotatable bonds is 5. The van der Waals surface area contributed by atoms with E-state index in [2.05, 4.69) is 0 Å². The summed E-state index contributed by atoms with van der Waals surface area (Å²) in [5, 5.41) is 11.2. The molecule has 1 saturated heterocycles. The van der Waals surface area contributed by atoms with Crippen LogP contribution in [0, 0.1) is 10.1 Å². The number of sulfonamides is 1. The first-order valence-corrected chi connectivity index (χ1v) is 10.5. The summed E-state index contributed by atoms with van der Waals surface area (Å²) in [4.78, 5) is 23.9. The molecule has 3 rings (SSSR count). The zero-order valence-corrected chi connectivity index (χ0v) is 16.5. The molecule has 154 valence electrons. The average molecular weight is 419 g/mol. The largest absolute Gasteiger partial charge is 0.445 e. The quantitative estimate of drug-likeness (QED) is 0.544. The fourth-order valence-corrected chi connectivity index (χ4v) is 4.72. The number of benzene rings is 2. The van der Waals surface area contributed by atoms with Gasteiger partial charge in [-0.15, -0.1) is 0 Å². The van der Waals surface area contributed by atoms with Crippen LogP contribution in [0.2, 0.25) is 0 Å². The van der Waals surface area contributed by atoms with Crippen molar-refractivity contribution in [3.8, 4) is 0 Å². The van der Waals surface area contributed by atoms with Crippen molar-refractivity contribution >= 4 is 21.8 Å². The van der Waals surface area contributed by atoms with Gasteiger partial charge in [-0.25, -0.2) is 13.2 Å². The van der Waals surface area contributed by atoms with E-state index in [1.807, 2.05) is 30.3 Å². The molecule has 1 aliphatic heterocycles. The van der Waals surface area contributed by atoms with Gasteiger partial charge >= 0.3 is 6.09 Å². The lowest BCUT2D eigenvalue weighted by atomic mass is 10.2. The van der Waals surface area contributed by atoms with Crippen LogP contribution >= 0.6 is 0 Å². The molecule has 0 saturated carbocycles. The van der Waals surface area contributed by atoms with Crippen LogP contribution in [0.3, 0.4) is 0 Å². The summed E-state index contributed by atoms with van der Waals surface area (Å²) in [5.74, 6) is 0. The lowest BCUT2D eigenvalue weighted by Crippen LogP contribution is -2.37. The van der Waals surface area contributed by atoms with Gasteiger partial charge in [-0.1, -0.05) is 42.5 Å². The molecule has 0 aliphatic carbocycles. The Kier molecular flexibility index (Phi) is 6.45. The number of amides is 1. The Hall–Kier alpha value is -2.98. The van der Waals surface area contributed by atoms with Crippen LogP contribution in [0.25, 0.3) is 0 Å². The van der Waals surface area contributed by atoms with E-state index in [4.69, 9.17) is 4.74 Å². The van der Waals surface area contributed by atoms with E-state index in [1.165, 1.54) is 27.4 Å². The lowest BCUT2D eigenvalue weighted by molar-refractivity contribution is -0.387. The first-order chi connectivity index (χ1) is 13.9. The van der Waals surface area contributed by atoms with Crippen LogP contribution in [0.1, 0.15) is 12.0 Å². The molecule has 0 bridgehead atoms. The summed E-state index contributed by atoms with van der Waals surface area (Å²) >= 11 is 0. The van der Waals surface area contributed by atoms with Crippen molar-refractivity contribution in [2.24, 2.45) is 0 Å². The Balaban J connectivity index is 1.66.